The summed E-state index contributed by atoms with van der Waals surface area (Å²) in [5, 5.41) is 18.0. The molecule has 1 unspecified atom stereocenters. The first-order valence-electron chi connectivity index (χ1n) is 12.6. The number of nitrogens with zero attached hydrogens (tertiary/aromatic N) is 1. The monoisotopic (exact) mass is 503 g/mol. The molecule has 186 valence electrons. The quantitative estimate of drug-likeness (QED) is 0.116. The van der Waals surface area contributed by atoms with E-state index in [-0.39, 0.29) is 17.3 Å². The van der Waals surface area contributed by atoms with Gasteiger partial charge >= 0.3 is 5.97 Å². The van der Waals surface area contributed by atoms with Crippen molar-refractivity contribution in [2.24, 2.45) is 0 Å². The number of rotatable bonds is 22. The molecule has 0 aromatic rings. The summed E-state index contributed by atoms with van der Waals surface area (Å²) in [7, 11) is 2.73. The molecule has 0 fully saturated rings. The molecule has 0 radical (unpaired) electrons. The van der Waals surface area contributed by atoms with E-state index in [0.717, 1.165) is 23.9 Å². The lowest BCUT2D eigenvalue weighted by molar-refractivity contribution is -0.137. The first-order valence-corrected chi connectivity index (χ1v) is 15.7. The Morgan fingerprint density at radius 2 is 1.25 bits per heavy atom. The lowest BCUT2D eigenvalue weighted by Gasteiger charge is -2.17. The van der Waals surface area contributed by atoms with Crippen molar-refractivity contribution in [3.63, 3.8) is 0 Å². The number of carbonyl (C=O) groups excluding carboxylic acids is 1. The number of aliphatic carboxylic acids is 1. The van der Waals surface area contributed by atoms with Gasteiger partial charge < -0.3 is 5.11 Å². The van der Waals surface area contributed by atoms with E-state index in [1.54, 1.807) is 17.7 Å². The van der Waals surface area contributed by atoms with E-state index in [9.17, 15) is 14.9 Å². The van der Waals surface area contributed by atoms with Gasteiger partial charge in [-0.1, -0.05) is 126 Å². The number of carboxylic acid groups (broad SMARTS) is 1. The maximum absolute atomic E-state index is 12.0. The average Bonchev–Trinajstić information content (AvgIpc) is 2.77. The number of unbranched alkanes of at least 4 members (excludes halogenated alkanes) is 15. The first-order chi connectivity index (χ1) is 15.4. The van der Waals surface area contributed by atoms with Gasteiger partial charge in [0.25, 0.3) is 4.45 Å². The Hall–Kier alpha value is -0.320. The Kier molecular flexibility index (Phi) is 22.2. The number of nitriles is 1. The molecule has 0 aliphatic carbocycles. The molecule has 0 amide bonds. The van der Waals surface area contributed by atoms with E-state index >= 15 is 0 Å². The number of carbonyl (C=O) groups is 2. The predicted molar refractivity (Wildman–Crippen MR) is 143 cm³/mol. The zero-order chi connectivity index (χ0) is 23.9. The lowest BCUT2D eigenvalue weighted by Crippen LogP contribution is -2.20. The highest BCUT2D eigenvalue weighted by Crippen LogP contribution is 2.38. The van der Waals surface area contributed by atoms with Crippen molar-refractivity contribution in [3.8, 4) is 6.07 Å². The fourth-order valence-electron chi connectivity index (χ4n) is 3.48. The number of hydrogen-bond acceptors (Lipinski definition) is 6. The number of carboxylic acids is 1. The molecule has 0 saturated carbocycles. The van der Waals surface area contributed by atoms with Crippen LogP contribution in [0, 0.1) is 11.3 Å². The van der Waals surface area contributed by atoms with Gasteiger partial charge in [0.1, 0.15) is 4.75 Å². The summed E-state index contributed by atoms with van der Waals surface area (Å²) in [4.78, 5) is 22.7. The summed E-state index contributed by atoms with van der Waals surface area (Å²) in [6.07, 6.45) is 21.7. The van der Waals surface area contributed by atoms with Crippen LogP contribution in [0.25, 0.3) is 0 Å². The lowest BCUT2D eigenvalue weighted by atomic mass is 10.0. The van der Waals surface area contributed by atoms with E-state index in [0.29, 0.717) is 0 Å². The summed E-state index contributed by atoms with van der Waals surface area (Å²) < 4.78 is -1.07. The molecule has 0 spiro atoms. The van der Waals surface area contributed by atoms with Crippen molar-refractivity contribution >= 4 is 43.8 Å². The van der Waals surface area contributed by atoms with Crippen molar-refractivity contribution in [3.05, 3.63) is 0 Å². The molecule has 1 N–H and O–H groups in total. The third-order valence-corrected chi connectivity index (χ3v) is 9.32. The van der Waals surface area contributed by atoms with Crippen molar-refractivity contribution in [1.82, 2.24) is 0 Å². The molecule has 0 bridgehead atoms. The maximum Gasteiger partial charge on any atom is 0.303 e. The van der Waals surface area contributed by atoms with Crippen LogP contribution < -0.4 is 0 Å². The van der Waals surface area contributed by atoms with Gasteiger partial charge in [-0.05, 0) is 30.6 Å². The van der Waals surface area contributed by atoms with Crippen LogP contribution in [0.4, 0.5) is 4.79 Å². The topological polar surface area (TPSA) is 78.2 Å². The van der Waals surface area contributed by atoms with Crippen LogP contribution >= 0.6 is 33.3 Å². The second kappa shape index (κ2) is 22.5. The van der Waals surface area contributed by atoms with E-state index in [2.05, 4.69) is 13.0 Å². The fraction of sp³-hybridized carbons (Fsp3) is 0.880. The minimum atomic E-state index is -0.961. The van der Waals surface area contributed by atoms with Gasteiger partial charge in [-0.3, -0.25) is 9.59 Å². The smallest absolute Gasteiger partial charge is 0.303 e. The van der Waals surface area contributed by atoms with Crippen LogP contribution in [0.1, 0.15) is 129 Å². The summed E-state index contributed by atoms with van der Waals surface area (Å²) in [6, 6.07) is 2.08. The molecule has 0 saturated heterocycles. The minimum absolute atomic E-state index is 0.0959. The van der Waals surface area contributed by atoms with Gasteiger partial charge in [0.2, 0.25) is 0 Å². The molecule has 1 atom stereocenters. The second-order valence-corrected chi connectivity index (χ2v) is 12.9. The minimum Gasteiger partial charge on any atom is -0.481 e. The van der Waals surface area contributed by atoms with Crippen molar-refractivity contribution in [2.75, 3.05) is 5.75 Å². The summed E-state index contributed by atoms with van der Waals surface area (Å²) in [5.41, 5.74) is 0. The molecule has 0 aliphatic heterocycles. The van der Waals surface area contributed by atoms with Gasteiger partial charge in [0.15, 0.2) is 0 Å². The third kappa shape index (κ3) is 21.5. The highest BCUT2D eigenvalue weighted by Gasteiger charge is 2.29. The Balaban J connectivity index is 3.41. The maximum atomic E-state index is 12.0. The molecule has 0 heterocycles. The van der Waals surface area contributed by atoms with Crippen molar-refractivity contribution < 1.29 is 14.7 Å². The summed E-state index contributed by atoms with van der Waals surface area (Å²) >= 11 is 0.957. The Bertz CT molecular complexity index is 525. The summed E-state index contributed by atoms with van der Waals surface area (Å²) in [5.74, 6) is -0.00147. The number of hydrogen-bond donors (Lipinski definition) is 1. The van der Waals surface area contributed by atoms with Gasteiger partial charge in [0.05, 0.1) is 6.07 Å². The molecule has 32 heavy (non-hydrogen) atoms. The number of thioether (sulfide) groups is 1. The second-order valence-electron chi connectivity index (χ2n) is 8.80. The van der Waals surface area contributed by atoms with Gasteiger partial charge in [0, 0.05) is 12.2 Å². The fourth-order valence-corrected chi connectivity index (χ4v) is 6.91. The highest BCUT2D eigenvalue weighted by molar-refractivity contribution is 8.86. The molecule has 0 aromatic heterocycles. The van der Waals surface area contributed by atoms with E-state index in [1.807, 2.05) is 0 Å². The van der Waals surface area contributed by atoms with E-state index in [1.165, 1.54) is 107 Å². The highest BCUT2D eigenvalue weighted by atomic mass is 33.1. The van der Waals surface area contributed by atoms with E-state index in [4.69, 9.17) is 5.11 Å². The van der Waals surface area contributed by atoms with Crippen LogP contribution in [-0.4, -0.2) is 26.0 Å². The normalized spacial score (nSPS) is 12.9. The molecular formula is C25H45NO3S3. The standard InChI is InChI=1S/C25H45NO3S3/c1-3-4-5-6-7-8-9-10-11-12-13-14-15-16-17-18-21-30-32-24(29)31-25(2,22-26)20-19-23(27)28/h3-21H2,1-2H3,(H,27,28). The Morgan fingerprint density at radius 3 is 1.66 bits per heavy atom. The van der Waals surface area contributed by atoms with Crippen molar-refractivity contribution in [2.45, 2.75) is 134 Å². The SMILES string of the molecule is CCCCCCCCCCCCCCCCCCSSC(=O)SC(C)(C#N)CCC(=O)O. The summed E-state index contributed by atoms with van der Waals surface area (Å²) in [6.45, 7) is 3.91. The van der Waals surface area contributed by atoms with E-state index < -0.39 is 10.7 Å². The zero-order valence-corrected chi connectivity index (χ0v) is 22.8. The molecule has 7 heteroatoms. The van der Waals surface area contributed by atoms with Gasteiger partial charge in [-0.25, -0.2) is 0 Å². The van der Waals surface area contributed by atoms with Crippen LogP contribution in [-0.2, 0) is 4.79 Å². The Labute approximate surface area is 209 Å². The molecule has 0 aromatic carbocycles. The zero-order valence-electron chi connectivity index (χ0n) is 20.4. The Morgan fingerprint density at radius 1 is 0.812 bits per heavy atom. The average molecular weight is 504 g/mol. The van der Waals surface area contributed by atoms with Crippen molar-refractivity contribution in [1.29, 1.82) is 5.26 Å². The van der Waals surface area contributed by atoms with Crippen LogP contribution in [0.5, 0.6) is 0 Å². The first kappa shape index (κ1) is 31.7. The van der Waals surface area contributed by atoms with Crippen LogP contribution in [0.3, 0.4) is 0 Å². The largest absolute Gasteiger partial charge is 0.481 e. The van der Waals surface area contributed by atoms with Gasteiger partial charge in [-0.2, -0.15) is 5.26 Å². The van der Waals surface area contributed by atoms with Gasteiger partial charge in [-0.15, -0.1) is 0 Å². The van der Waals surface area contributed by atoms with Crippen LogP contribution in [0.2, 0.25) is 0 Å². The molecular weight excluding hydrogens is 458 g/mol. The molecule has 0 aliphatic rings. The third-order valence-electron chi connectivity index (χ3n) is 5.57. The molecule has 4 nitrogen and oxygen atoms in total. The van der Waals surface area contributed by atoms with Crippen LogP contribution in [0.15, 0.2) is 0 Å². The molecule has 0 rings (SSSR count). The predicted octanol–water partition coefficient (Wildman–Crippen LogP) is 9.63.